The minimum Gasteiger partial charge on any atom is -0.550 e. The minimum atomic E-state index is -0.998. The molecule has 32 nitrogen and oxygen atoms in total. The first-order valence-electron chi connectivity index (χ1n) is 40.2. The molecule has 0 aliphatic carbocycles. The molecule has 0 saturated heterocycles. The number of carbonyl (C=O) groups is 16. The number of unbranched alkanes of at least 4 members (excludes halogenated alkanes) is 40. The molecule has 0 spiro atoms. The molecule has 0 aliphatic rings. The zero-order valence-corrected chi connectivity index (χ0v) is 76.3. The van der Waals surface area contributed by atoms with Crippen LogP contribution in [0.4, 0.5) is 0 Å². The maximum absolute atomic E-state index is 10.0. The monoisotopic (exact) mass is 2100 g/mol. The Morgan fingerprint density at radius 2 is 0.117 bits per heavy atom. The fraction of sp³-hybridized carbons (Fsp3) is 0.800. The van der Waals surface area contributed by atoms with Gasteiger partial charge in [0, 0.05) is 95.5 Å². The molecule has 40 heteroatoms. The van der Waals surface area contributed by atoms with Crippen molar-refractivity contribution in [1.29, 1.82) is 0 Å². The summed E-state index contributed by atoms with van der Waals surface area (Å²) in [5.41, 5.74) is 0. The molecule has 0 fully saturated rings. The van der Waals surface area contributed by atoms with E-state index in [1.54, 1.807) is 0 Å². The molecule has 0 N–H and O–H groups in total. The molecular formula is C80H128Cu8O32. The molecule has 0 aromatic carbocycles. The quantitative estimate of drug-likeness (QED) is 0.0428. The SMILES string of the molecule is O=C([O-])CCCCCCCCC(=O)[O-].O=C([O-])CCCCCCCCC(=O)[O-].O=C([O-])CCCCCCCCC(=O)[O-].O=C([O-])CCCCCCCCC(=O)[O-].O=C([O-])CCCCCCCCC(=O)[O-].O=C([O-])CCCCCCCCC(=O)[O-].O=C([O-])CCCCCCCCC(=O)[O-].O=C([O-])CCCCCCCCC(=O)[O-].[Cu+2].[Cu+2].[Cu+2].[Cu+2].[Cu+2].[Cu+2].[Cu+2].[Cu+2]. The number of aliphatic carboxylic acids is 16. The molecule has 0 amide bonds. The summed E-state index contributed by atoms with van der Waals surface area (Å²) >= 11 is 0. The number of rotatable bonds is 72. The Morgan fingerprint density at radius 1 is 0.0833 bits per heavy atom. The van der Waals surface area contributed by atoms with Gasteiger partial charge in [-0.3, -0.25) is 0 Å². The first-order valence-corrected chi connectivity index (χ1v) is 40.2. The predicted molar refractivity (Wildman–Crippen MR) is 376 cm³/mol. The smallest absolute Gasteiger partial charge is 0.550 e. The average molecular weight is 2110 g/mol. The van der Waals surface area contributed by atoms with Crippen molar-refractivity contribution in [3.63, 3.8) is 0 Å². The Morgan fingerprint density at radius 3 is 0.150 bits per heavy atom. The second-order valence-corrected chi connectivity index (χ2v) is 26.9. The van der Waals surface area contributed by atoms with E-state index in [4.69, 9.17) is 0 Å². The molecule has 0 atom stereocenters. The standard InChI is InChI=1S/8C10H18O4.8Cu/c8*11-9(12)7-5-3-1-2-4-6-8-10(13)14;;;;;;;;/h8*1-8H2,(H,11,12)(H,13,14);;;;;;;;/q;;;;;;;;8*+2/p-16. The van der Waals surface area contributed by atoms with Gasteiger partial charge in [0.25, 0.3) is 0 Å². The third-order valence-corrected chi connectivity index (χ3v) is 16.1. The van der Waals surface area contributed by atoms with Gasteiger partial charge in [-0.1, -0.05) is 205 Å². The summed E-state index contributed by atoms with van der Waals surface area (Å²) < 4.78 is 0. The van der Waals surface area contributed by atoms with Crippen LogP contribution in [0.3, 0.4) is 0 Å². The van der Waals surface area contributed by atoms with Crippen LogP contribution in [-0.2, 0) is 213 Å². The summed E-state index contributed by atoms with van der Waals surface area (Å²) in [4.78, 5) is 160. The zero-order chi connectivity index (χ0) is 86.5. The normalized spacial score (nSPS) is 9.33. The molecule has 8 radical (unpaired) electrons. The van der Waals surface area contributed by atoms with Gasteiger partial charge in [0.2, 0.25) is 0 Å². The molecule has 0 aromatic heterocycles. The van der Waals surface area contributed by atoms with Crippen LogP contribution in [0.5, 0.6) is 0 Å². The molecule has 728 valence electrons. The van der Waals surface area contributed by atoms with E-state index in [1.165, 1.54) is 0 Å². The second-order valence-electron chi connectivity index (χ2n) is 26.9. The number of carboxylic acids is 16. The summed E-state index contributed by atoms with van der Waals surface area (Å²) in [5.74, 6) is -16.0. The van der Waals surface area contributed by atoms with Crippen molar-refractivity contribution in [2.75, 3.05) is 0 Å². The van der Waals surface area contributed by atoms with E-state index in [2.05, 4.69) is 0 Å². The second kappa shape index (κ2) is 128. The molecule has 0 aromatic rings. The van der Waals surface area contributed by atoms with E-state index in [-0.39, 0.29) is 239 Å². The van der Waals surface area contributed by atoms with Crippen LogP contribution in [0.2, 0.25) is 0 Å². The zero-order valence-electron chi connectivity index (χ0n) is 68.7. The van der Waals surface area contributed by atoms with Crippen molar-refractivity contribution < 1.29 is 295 Å². The number of hydrogen-bond acceptors (Lipinski definition) is 32. The van der Waals surface area contributed by atoms with Crippen molar-refractivity contribution in [2.24, 2.45) is 0 Å². The third-order valence-electron chi connectivity index (χ3n) is 16.1. The minimum absolute atomic E-state index is 0. The van der Waals surface area contributed by atoms with Crippen LogP contribution >= 0.6 is 0 Å². The Bertz CT molecular complexity index is 1780. The van der Waals surface area contributed by atoms with Gasteiger partial charge in [-0.15, -0.1) is 0 Å². The molecule has 0 bridgehead atoms. The van der Waals surface area contributed by atoms with E-state index in [9.17, 15) is 158 Å². The van der Waals surface area contributed by atoms with Crippen molar-refractivity contribution in [3.8, 4) is 0 Å². The largest absolute Gasteiger partial charge is 2.00 e. The van der Waals surface area contributed by atoms with E-state index in [0.29, 0.717) is 103 Å². The summed E-state index contributed by atoms with van der Waals surface area (Å²) in [7, 11) is 0. The summed E-state index contributed by atoms with van der Waals surface area (Å²) in [6.45, 7) is 0. The molecule has 0 heterocycles. The van der Waals surface area contributed by atoms with E-state index in [0.717, 1.165) is 205 Å². The van der Waals surface area contributed by atoms with Crippen molar-refractivity contribution in [1.82, 2.24) is 0 Å². The van der Waals surface area contributed by atoms with Crippen LogP contribution in [0.1, 0.15) is 411 Å². The summed E-state index contributed by atoms with van der Waals surface area (Å²) in [6, 6.07) is 0. The van der Waals surface area contributed by atoms with E-state index < -0.39 is 95.5 Å². The van der Waals surface area contributed by atoms with E-state index in [1.807, 2.05) is 0 Å². The van der Waals surface area contributed by atoms with Gasteiger partial charge in [-0.2, -0.15) is 0 Å². The maximum Gasteiger partial charge on any atom is 2.00 e. The van der Waals surface area contributed by atoms with Gasteiger partial charge in [-0.05, 0) is 205 Å². The first kappa shape index (κ1) is 153. The molecular weight excluding hydrogens is 1980 g/mol. The number of carboxylic acid groups (broad SMARTS) is 16. The number of carbonyl (C=O) groups excluding carboxylic acids is 16. The number of hydrogen-bond donors (Lipinski definition) is 0. The van der Waals surface area contributed by atoms with Crippen LogP contribution in [0.15, 0.2) is 0 Å². The van der Waals surface area contributed by atoms with Gasteiger partial charge in [0.1, 0.15) is 0 Å². The fourth-order valence-corrected chi connectivity index (χ4v) is 9.97. The van der Waals surface area contributed by atoms with Crippen LogP contribution < -0.4 is 81.7 Å². The Balaban J connectivity index is -0.0000000729. The topological polar surface area (TPSA) is 642 Å². The molecule has 0 saturated carbocycles. The average Bonchev–Trinajstić information content (AvgIpc) is 1.12. The van der Waals surface area contributed by atoms with Gasteiger partial charge in [0.15, 0.2) is 0 Å². The van der Waals surface area contributed by atoms with Gasteiger partial charge >= 0.3 is 137 Å². The van der Waals surface area contributed by atoms with Crippen LogP contribution in [-0.4, -0.2) is 95.5 Å². The predicted octanol–water partition coefficient (Wildman–Crippen LogP) is -3.16. The summed E-state index contributed by atoms with van der Waals surface area (Å²) in [6.07, 6.45) is 41.8. The molecule has 0 rings (SSSR count). The fourth-order valence-electron chi connectivity index (χ4n) is 9.97. The Kier molecular flexibility index (Phi) is 163. The van der Waals surface area contributed by atoms with Crippen LogP contribution in [0, 0.1) is 0 Å². The van der Waals surface area contributed by atoms with Gasteiger partial charge in [-0.25, -0.2) is 0 Å². The van der Waals surface area contributed by atoms with Crippen molar-refractivity contribution in [2.45, 2.75) is 411 Å². The van der Waals surface area contributed by atoms with Gasteiger partial charge in [0.05, 0.1) is 0 Å². The van der Waals surface area contributed by atoms with Gasteiger partial charge < -0.3 is 158 Å². The molecule has 0 aliphatic heterocycles. The van der Waals surface area contributed by atoms with Crippen molar-refractivity contribution >= 4 is 95.5 Å². The first-order chi connectivity index (χ1) is 53.0. The van der Waals surface area contributed by atoms with Crippen molar-refractivity contribution in [3.05, 3.63) is 0 Å². The van der Waals surface area contributed by atoms with E-state index >= 15 is 0 Å². The molecule has 0 unspecified atom stereocenters. The molecule has 120 heavy (non-hydrogen) atoms. The van der Waals surface area contributed by atoms with Crippen LogP contribution in [0.25, 0.3) is 0 Å². The Labute approximate surface area is 795 Å². The maximum atomic E-state index is 10.0. The third kappa shape index (κ3) is 206. The Hall–Kier alpha value is -4.32. The summed E-state index contributed by atoms with van der Waals surface area (Å²) in [5, 5.41) is 160.